The molecule has 2 aliphatic heterocycles. The van der Waals surface area contributed by atoms with E-state index in [1.807, 2.05) is 30.5 Å². The van der Waals surface area contributed by atoms with Gasteiger partial charge in [-0.05, 0) is 70.0 Å². The first kappa shape index (κ1) is 22.2. The second kappa shape index (κ2) is 10.1. The van der Waals surface area contributed by atoms with Gasteiger partial charge in [-0.1, -0.05) is 6.07 Å². The molecule has 0 spiro atoms. The molecule has 0 bridgehead atoms. The standard InChI is InChI=1S/C26H34N4O2/c1-18-7-8-24-25(30(18)2)10-9-23(19(16-27)17-29-20-11-13-28-14-12-20)26(24)32-22-6-4-5-21(15-22)31-3/h4-6,9-10,15-18,20,27-29H,7-8,11-14H2,1-3H3/b19-17+,27-16?. The average Bonchev–Trinajstić information content (AvgIpc) is 2.83. The van der Waals surface area contributed by atoms with Crippen molar-refractivity contribution in [3.63, 3.8) is 0 Å². The molecule has 0 saturated carbocycles. The molecule has 3 N–H and O–H groups in total. The Kier molecular flexibility index (Phi) is 7.00. The number of rotatable bonds is 7. The van der Waals surface area contributed by atoms with E-state index >= 15 is 0 Å². The zero-order chi connectivity index (χ0) is 22.5. The van der Waals surface area contributed by atoms with Crippen molar-refractivity contribution in [1.82, 2.24) is 10.6 Å². The summed E-state index contributed by atoms with van der Waals surface area (Å²) in [7, 11) is 3.80. The summed E-state index contributed by atoms with van der Waals surface area (Å²) in [6.45, 7) is 4.31. The molecular weight excluding hydrogens is 400 g/mol. The van der Waals surface area contributed by atoms with E-state index in [4.69, 9.17) is 14.9 Å². The van der Waals surface area contributed by atoms with Crippen LogP contribution >= 0.6 is 0 Å². The fraction of sp³-hybridized carbons (Fsp3) is 0.423. The number of hydrogen-bond acceptors (Lipinski definition) is 6. The third kappa shape index (κ3) is 4.75. The summed E-state index contributed by atoms with van der Waals surface area (Å²) in [5.41, 5.74) is 4.15. The van der Waals surface area contributed by atoms with Gasteiger partial charge in [-0.2, -0.15) is 0 Å². The third-order valence-corrected chi connectivity index (χ3v) is 6.63. The molecule has 4 rings (SSSR count). The van der Waals surface area contributed by atoms with Crippen LogP contribution in [0.4, 0.5) is 5.69 Å². The molecule has 0 aromatic heterocycles. The number of allylic oxidation sites excluding steroid dienone is 1. The summed E-state index contributed by atoms with van der Waals surface area (Å²) >= 11 is 0. The lowest BCUT2D eigenvalue weighted by Crippen LogP contribution is -2.37. The van der Waals surface area contributed by atoms with Crippen LogP contribution in [0, 0.1) is 5.41 Å². The van der Waals surface area contributed by atoms with E-state index in [1.54, 1.807) is 7.11 Å². The van der Waals surface area contributed by atoms with Crippen LogP contribution in [-0.2, 0) is 6.42 Å². The highest BCUT2D eigenvalue weighted by molar-refractivity contribution is 6.09. The number of nitrogens with one attached hydrogen (secondary N) is 3. The molecule has 32 heavy (non-hydrogen) atoms. The second-order valence-corrected chi connectivity index (χ2v) is 8.65. The zero-order valence-corrected chi connectivity index (χ0v) is 19.3. The monoisotopic (exact) mass is 434 g/mol. The number of fused-ring (bicyclic) bond motifs is 1. The van der Waals surface area contributed by atoms with Gasteiger partial charge in [0.1, 0.15) is 17.2 Å². The molecule has 6 nitrogen and oxygen atoms in total. The molecule has 170 valence electrons. The maximum atomic E-state index is 8.14. The normalized spacial score (nSPS) is 19.3. The molecule has 1 fully saturated rings. The lowest BCUT2D eigenvalue weighted by molar-refractivity contribution is 0.408. The van der Waals surface area contributed by atoms with E-state index in [9.17, 15) is 0 Å². The summed E-state index contributed by atoms with van der Waals surface area (Å²) < 4.78 is 11.9. The lowest BCUT2D eigenvalue weighted by atomic mass is 9.92. The fourth-order valence-electron chi connectivity index (χ4n) is 4.49. The van der Waals surface area contributed by atoms with Crippen LogP contribution in [-0.4, -0.2) is 45.5 Å². The highest BCUT2D eigenvalue weighted by Crippen LogP contribution is 2.42. The molecule has 0 radical (unpaired) electrons. The van der Waals surface area contributed by atoms with Crippen LogP contribution in [0.2, 0.25) is 0 Å². The second-order valence-electron chi connectivity index (χ2n) is 8.65. The minimum Gasteiger partial charge on any atom is -0.497 e. The van der Waals surface area contributed by atoms with Crippen molar-refractivity contribution >= 4 is 17.5 Å². The molecule has 2 aromatic rings. The summed E-state index contributed by atoms with van der Waals surface area (Å²) in [5, 5.41) is 15.1. The van der Waals surface area contributed by atoms with E-state index in [0.717, 1.165) is 67.2 Å². The van der Waals surface area contributed by atoms with Crippen molar-refractivity contribution in [2.45, 2.75) is 44.7 Å². The van der Waals surface area contributed by atoms with Crippen LogP contribution in [0.25, 0.3) is 5.57 Å². The third-order valence-electron chi connectivity index (χ3n) is 6.63. The Labute approximate surface area is 191 Å². The maximum Gasteiger partial charge on any atom is 0.140 e. The van der Waals surface area contributed by atoms with Crippen LogP contribution in [0.3, 0.4) is 0 Å². The first-order valence-electron chi connectivity index (χ1n) is 11.5. The van der Waals surface area contributed by atoms with E-state index in [-0.39, 0.29) is 0 Å². The summed E-state index contributed by atoms with van der Waals surface area (Å²) in [6, 6.07) is 12.9. The number of ether oxygens (including phenoxy) is 2. The van der Waals surface area contributed by atoms with Crippen molar-refractivity contribution in [2.75, 3.05) is 32.1 Å². The predicted molar refractivity (Wildman–Crippen MR) is 131 cm³/mol. The first-order chi connectivity index (χ1) is 15.6. The molecule has 2 aromatic carbocycles. The Morgan fingerprint density at radius 3 is 2.69 bits per heavy atom. The van der Waals surface area contributed by atoms with Crippen molar-refractivity contribution in [1.29, 1.82) is 5.41 Å². The van der Waals surface area contributed by atoms with Crippen LogP contribution < -0.4 is 25.0 Å². The molecular formula is C26H34N4O2. The minimum atomic E-state index is 0.429. The Hall–Kier alpha value is -2.99. The van der Waals surface area contributed by atoms with Gasteiger partial charge in [-0.25, -0.2) is 0 Å². The van der Waals surface area contributed by atoms with Gasteiger partial charge >= 0.3 is 0 Å². The highest BCUT2D eigenvalue weighted by atomic mass is 16.5. The number of hydrogen-bond donors (Lipinski definition) is 3. The van der Waals surface area contributed by atoms with E-state index in [1.165, 1.54) is 17.5 Å². The van der Waals surface area contributed by atoms with E-state index < -0.39 is 0 Å². The molecule has 6 heteroatoms. The molecule has 0 aliphatic carbocycles. The van der Waals surface area contributed by atoms with Gasteiger partial charge in [-0.3, -0.25) is 0 Å². The Bertz CT molecular complexity index is 982. The number of methoxy groups -OCH3 is 1. The molecule has 2 aliphatic rings. The van der Waals surface area contributed by atoms with Gasteiger partial charge in [0.05, 0.1) is 7.11 Å². The van der Waals surface area contributed by atoms with Crippen molar-refractivity contribution in [3.8, 4) is 17.2 Å². The molecule has 2 heterocycles. The Balaban J connectivity index is 1.74. The Morgan fingerprint density at radius 1 is 1.16 bits per heavy atom. The van der Waals surface area contributed by atoms with Gasteiger partial charge in [-0.15, -0.1) is 0 Å². The average molecular weight is 435 g/mol. The SMILES string of the molecule is COc1cccc(Oc2c(/C(C=N)=C/NC3CCNCC3)ccc3c2CCC(C)N3C)c1. The van der Waals surface area contributed by atoms with Crippen LogP contribution in [0.5, 0.6) is 17.2 Å². The lowest BCUT2D eigenvalue weighted by Gasteiger charge is -2.35. The van der Waals surface area contributed by atoms with E-state index in [0.29, 0.717) is 12.1 Å². The maximum absolute atomic E-state index is 8.14. The number of anilines is 1. The quantitative estimate of drug-likeness (QED) is 0.556. The summed E-state index contributed by atoms with van der Waals surface area (Å²) in [6.07, 6.45) is 7.59. The topological polar surface area (TPSA) is 69.6 Å². The number of piperidine rings is 1. The first-order valence-corrected chi connectivity index (χ1v) is 11.5. The van der Waals surface area contributed by atoms with Crippen LogP contribution in [0.15, 0.2) is 42.6 Å². The summed E-state index contributed by atoms with van der Waals surface area (Å²) in [4.78, 5) is 2.32. The van der Waals surface area contributed by atoms with Gasteiger partial charge in [0, 0.05) is 60.0 Å². The number of nitrogens with zero attached hydrogens (tertiary/aromatic N) is 1. The van der Waals surface area contributed by atoms with Crippen molar-refractivity contribution < 1.29 is 9.47 Å². The molecule has 0 amide bonds. The van der Waals surface area contributed by atoms with Crippen LogP contribution in [0.1, 0.15) is 37.3 Å². The van der Waals surface area contributed by atoms with E-state index in [2.05, 4.69) is 41.6 Å². The highest BCUT2D eigenvalue weighted by Gasteiger charge is 2.26. The molecule has 1 unspecified atom stereocenters. The molecule has 1 atom stereocenters. The predicted octanol–water partition coefficient (Wildman–Crippen LogP) is 4.59. The summed E-state index contributed by atoms with van der Waals surface area (Å²) in [5.74, 6) is 2.32. The van der Waals surface area contributed by atoms with Gasteiger partial charge < -0.3 is 30.4 Å². The smallest absolute Gasteiger partial charge is 0.140 e. The van der Waals surface area contributed by atoms with Gasteiger partial charge in [0.15, 0.2) is 0 Å². The largest absolute Gasteiger partial charge is 0.497 e. The fourth-order valence-corrected chi connectivity index (χ4v) is 4.49. The minimum absolute atomic E-state index is 0.429. The zero-order valence-electron chi connectivity index (χ0n) is 19.3. The number of benzene rings is 2. The van der Waals surface area contributed by atoms with Crippen molar-refractivity contribution in [3.05, 3.63) is 53.7 Å². The molecule has 1 saturated heterocycles. The van der Waals surface area contributed by atoms with Crippen molar-refractivity contribution in [2.24, 2.45) is 0 Å². The van der Waals surface area contributed by atoms with Gasteiger partial charge in [0.25, 0.3) is 0 Å². The van der Waals surface area contributed by atoms with Gasteiger partial charge in [0.2, 0.25) is 0 Å². The Morgan fingerprint density at radius 2 is 1.94 bits per heavy atom.